The molecular weight excluding hydrogens is 392 g/mol. The van der Waals surface area contributed by atoms with Gasteiger partial charge in [0.2, 0.25) is 0 Å². The second-order valence-electron chi connectivity index (χ2n) is 5.83. The van der Waals surface area contributed by atoms with E-state index in [4.69, 9.17) is 11.6 Å². The predicted molar refractivity (Wildman–Crippen MR) is 101 cm³/mol. The van der Waals surface area contributed by atoms with Crippen LogP contribution in [0.25, 0.3) is 11.3 Å². The van der Waals surface area contributed by atoms with Gasteiger partial charge in [0.15, 0.2) is 0 Å². The van der Waals surface area contributed by atoms with Crippen molar-refractivity contribution in [2.24, 2.45) is 0 Å². The standard InChI is InChI=1S/C18H13ClN2O3S2/c1-11-17(12-6-8-13(19)9-7-12)20-16(25-11)10-21-18(22)14-4-2-3-5-15(14)26(21,23)24/h2-9H,10H2,1H3. The van der Waals surface area contributed by atoms with Gasteiger partial charge in [-0.3, -0.25) is 4.79 Å². The molecule has 2 heterocycles. The Labute approximate surface area is 159 Å². The van der Waals surface area contributed by atoms with E-state index in [2.05, 4.69) is 4.98 Å². The predicted octanol–water partition coefficient (Wildman–Crippen LogP) is 4.12. The number of carbonyl (C=O) groups excluding carboxylic acids is 1. The number of carbonyl (C=O) groups is 1. The molecule has 1 aliphatic heterocycles. The highest BCUT2D eigenvalue weighted by atomic mass is 35.5. The van der Waals surface area contributed by atoms with Gasteiger partial charge in [-0.15, -0.1) is 11.3 Å². The van der Waals surface area contributed by atoms with Crippen LogP contribution in [-0.2, 0) is 16.6 Å². The number of hydrogen-bond donors (Lipinski definition) is 0. The zero-order valence-electron chi connectivity index (χ0n) is 13.6. The number of halogens is 1. The Balaban J connectivity index is 1.68. The highest BCUT2D eigenvalue weighted by Crippen LogP contribution is 2.34. The lowest BCUT2D eigenvalue weighted by Gasteiger charge is -2.12. The molecule has 0 N–H and O–H groups in total. The van der Waals surface area contributed by atoms with Gasteiger partial charge in [-0.05, 0) is 31.2 Å². The zero-order chi connectivity index (χ0) is 18.5. The maximum atomic E-state index is 12.7. The molecule has 0 radical (unpaired) electrons. The van der Waals surface area contributed by atoms with Crippen molar-refractivity contribution < 1.29 is 13.2 Å². The molecule has 8 heteroatoms. The minimum atomic E-state index is -3.83. The first-order chi connectivity index (χ1) is 12.4. The van der Waals surface area contributed by atoms with Crippen molar-refractivity contribution in [1.82, 2.24) is 9.29 Å². The maximum absolute atomic E-state index is 12.7. The highest BCUT2D eigenvalue weighted by molar-refractivity contribution is 7.90. The molecule has 0 aliphatic carbocycles. The molecule has 5 nitrogen and oxygen atoms in total. The number of thiazole rings is 1. The van der Waals surface area contributed by atoms with E-state index in [1.807, 2.05) is 19.1 Å². The van der Waals surface area contributed by atoms with Crippen LogP contribution < -0.4 is 0 Å². The highest BCUT2D eigenvalue weighted by Gasteiger charge is 2.41. The maximum Gasteiger partial charge on any atom is 0.269 e. The van der Waals surface area contributed by atoms with Crippen molar-refractivity contribution in [3.8, 4) is 11.3 Å². The molecule has 0 spiro atoms. The lowest BCUT2D eigenvalue weighted by Crippen LogP contribution is -2.29. The smallest absolute Gasteiger partial charge is 0.268 e. The summed E-state index contributed by atoms with van der Waals surface area (Å²) in [7, 11) is -3.83. The number of nitrogens with zero attached hydrogens (tertiary/aromatic N) is 2. The number of rotatable bonds is 3. The van der Waals surface area contributed by atoms with Crippen molar-refractivity contribution in [2.45, 2.75) is 18.4 Å². The van der Waals surface area contributed by atoms with Crippen LogP contribution in [0.1, 0.15) is 20.2 Å². The molecular formula is C18H13ClN2O3S2. The van der Waals surface area contributed by atoms with Gasteiger partial charge in [-0.25, -0.2) is 17.7 Å². The fourth-order valence-corrected chi connectivity index (χ4v) is 5.59. The summed E-state index contributed by atoms with van der Waals surface area (Å²) in [5.41, 5.74) is 1.87. The molecule has 26 heavy (non-hydrogen) atoms. The molecule has 1 amide bonds. The first-order valence-corrected chi connectivity index (χ1v) is 10.4. The van der Waals surface area contributed by atoms with Crippen LogP contribution in [0.5, 0.6) is 0 Å². The molecule has 2 aromatic carbocycles. The van der Waals surface area contributed by atoms with Gasteiger partial charge in [0.25, 0.3) is 15.9 Å². The molecule has 1 aliphatic rings. The van der Waals surface area contributed by atoms with Gasteiger partial charge in [-0.2, -0.15) is 0 Å². The van der Waals surface area contributed by atoms with Crippen molar-refractivity contribution >= 4 is 38.9 Å². The molecule has 0 unspecified atom stereocenters. The second kappa shape index (κ2) is 6.19. The summed E-state index contributed by atoms with van der Waals surface area (Å²) >= 11 is 7.30. The summed E-state index contributed by atoms with van der Waals surface area (Å²) in [6.45, 7) is 1.84. The summed E-state index contributed by atoms with van der Waals surface area (Å²) in [4.78, 5) is 18.1. The van der Waals surface area contributed by atoms with Crippen LogP contribution in [0.2, 0.25) is 5.02 Å². The lowest BCUT2D eigenvalue weighted by molar-refractivity contribution is 0.0865. The molecule has 132 valence electrons. The third-order valence-electron chi connectivity index (χ3n) is 4.15. The summed E-state index contributed by atoms with van der Waals surface area (Å²) in [5, 5.41) is 1.20. The van der Waals surface area contributed by atoms with Crippen molar-refractivity contribution in [1.29, 1.82) is 0 Å². The van der Waals surface area contributed by atoms with Crippen molar-refractivity contribution in [2.75, 3.05) is 0 Å². The van der Waals surface area contributed by atoms with Gasteiger partial charge >= 0.3 is 0 Å². The normalized spacial score (nSPS) is 15.3. The first kappa shape index (κ1) is 17.2. The van der Waals surface area contributed by atoms with Gasteiger partial charge < -0.3 is 0 Å². The number of hydrogen-bond acceptors (Lipinski definition) is 5. The fourth-order valence-electron chi connectivity index (χ4n) is 2.90. The van der Waals surface area contributed by atoms with E-state index in [-0.39, 0.29) is 17.0 Å². The summed E-state index contributed by atoms with van der Waals surface area (Å²) in [6, 6.07) is 13.5. The zero-order valence-corrected chi connectivity index (χ0v) is 16.0. The summed E-state index contributed by atoms with van der Waals surface area (Å²) in [6.07, 6.45) is 0. The van der Waals surface area contributed by atoms with E-state index < -0.39 is 15.9 Å². The van der Waals surface area contributed by atoms with Crippen LogP contribution >= 0.6 is 22.9 Å². The lowest BCUT2D eigenvalue weighted by atomic mass is 10.1. The monoisotopic (exact) mass is 404 g/mol. The molecule has 0 saturated carbocycles. The third kappa shape index (κ3) is 2.72. The van der Waals surface area contributed by atoms with Crippen LogP contribution in [0, 0.1) is 6.92 Å². The van der Waals surface area contributed by atoms with Crippen LogP contribution in [-0.4, -0.2) is 23.6 Å². The molecule has 0 saturated heterocycles. The average Bonchev–Trinajstić information content (AvgIpc) is 3.08. The van der Waals surface area contributed by atoms with Gasteiger partial charge in [0.05, 0.1) is 17.8 Å². The Morgan fingerprint density at radius 2 is 1.81 bits per heavy atom. The number of aryl methyl sites for hydroxylation is 1. The van der Waals surface area contributed by atoms with Crippen LogP contribution in [0.3, 0.4) is 0 Å². The molecule has 1 aromatic heterocycles. The van der Waals surface area contributed by atoms with Crippen LogP contribution in [0.4, 0.5) is 0 Å². The van der Waals surface area contributed by atoms with Gasteiger partial charge in [0.1, 0.15) is 9.90 Å². The van der Waals surface area contributed by atoms with Crippen molar-refractivity contribution in [3.63, 3.8) is 0 Å². The Morgan fingerprint density at radius 3 is 2.50 bits per heavy atom. The van der Waals surface area contributed by atoms with Crippen LogP contribution in [0.15, 0.2) is 53.4 Å². The van der Waals surface area contributed by atoms with E-state index in [1.165, 1.54) is 23.5 Å². The summed E-state index contributed by atoms with van der Waals surface area (Å²) in [5.74, 6) is -0.513. The molecule has 0 fully saturated rings. The molecule has 0 atom stereocenters. The van der Waals surface area contributed by atoms with Crippen molar-refractivity contribution in [3.05, 3.63) is 69.0 Å². The Bertz CT molecular complexity index is 1120. The average molecular weight is 405 g/mol. The molecule has 3 aromatic rings. The summed E-state index contributed by atoms with van der Waals surface area (Å²) < 4.78 is 26.2. The van der Waals surface area contributed by atoms with E-state index in [9.17, 15) is 13.2 Å². The second-order valence-corrected chi connectivity index (χ2v) is 9.39. The Hall–Kier alpha value is -2.22. The number of benzene rings is 2. The quantitative estimate of drug-likeness (QED) is 0.658. The SMILES string of the molecule is Cc1sc(CN2C(=O)c3ccccc3S2(=O)=O)nc1-c1ccc(Cl)cc1. The van der Waals surface area contributed by atoms with E-state index in [0.29, 0.717) is 10.0 Å². The van der Waals surface area contributed by atoms with E-state index >= 15 is 0 Å². The van der Waals surface area contributed by atoms with Gasteiger partial charge in [-0.1, -0.05) is 35.9 Å². The largest absolute Gasteiger partial charge is 0.269 e. The minimum Gasteiger partial charge on any atom is -0.268 e. The van der Waals surface area contributed by atoms with Gasteiger partial charge in [0, 0.05) is 15.5 Å². The topological polar surface area (TPSA) is 67.3 Å². The minimum absolute atomic E-state index is 0.0520. The number of sulfonamides is 1. The molecule has 4 rings (SSSR count). The number of amides is 1. The first-order valence-electron chi connectivity index (χ1n) is 7.76. The Morgan fingerprint density at radius 1 is 1.12 bits per heavy atom. The van der Waals surface area contributed by atoms with E-state index in [1.54, 1.807) is 24.3 Å². The number of aromatic nitrogens is 1. The Kier molecular flexibility index (Phi) is 4.10. The third-order valence-corrected chi connectivity index (χ3v) is 7.14. The number of fused-ring (bicyclic) bond motifs is 1. The van der Waals surface area contributed by atoms with E-state index in [0.717, 1.165) is 20.4 Å². The molecule has 0 bridgehead atoms. The fraction of sp³-hybridized carbons (Fsp3) is 0.111.